The number of carbonyl (C=O) groups is 1. The van der Waals surface area contributed by atoms with Crippen molar-refractivity contribution in [1.82, 2.24) is 15.1 Å². The second-order valence-electron chi connectivity index (χ2n) is 6.32. The first-order chi connectivity index (χ1) is 9.81. The predicted octanol–water partition coefficient (Wildman–Crippen LogP) is 2.22. The van der Waals surface area contributed by atoms with Gasteiger partial charge in [0.25, 0.3) is 0 Å². The van der Waals surface area contributed by atoms with Crippen LogP contribution in [0.4, 0.5) is 4.79 Å². The zero-order valence-corrected chi connectivity index (χ0v) is 13.8. The van der Waals surface area contributed by atoms with Crippen LogP contribution in [0.25, 0.3) is 0 Å². The molecule has 1 rings (SSSR count). The summed E-state index contributed by atoms with van der Waals surface area (Å²) in [6, 6.07) is 0. The molecule has 0 aromatic heterocycles. The Balaban J connectivity index is 2.25. The zero-order chi connectivity index (χ0) is 15.9. The summed E-state index contributed by atoms with van der Waals surface area (Å²) in [4.78, 5) is 16.1. The van der Waals surface area contributed by atoms with E-state index in [2.05, 4.69) is 16.8 Å². The summed E-state index contributed by atoms with van der Waals surface area (Å²) in [7, 11) is 0. The zero-order valence-electron chi connectivity index (χ0n) is 13.8. The molecule has 0 aromatic rings. The van der Waals surface area contributed by atoms with Crippen molar-refractivity contribution in [3.63, 3.8) is 0 Å². The fourth-order valence-electron chi connectivity index (χ4n) is 2.13. The van der Waals surface area contributed by atoms with Gasteiger partial charge in [0.1, 0.15) is 5.60 Å². The van der Waals surface area contributed by atoms with Crippen LogP contribution in [-0.2, 0) is 4.74 Å². The molecule has 0 spiro atoms. The smallest absolute Gasteiger partial charge is 0.410 e. The standard InChI is InChI=1S/C16H29N3O2/c1-6-7-14(2)17-8-9-18-10-12-19(13-11-18)15(20)21-16(3,4)5/h6-7,17H,1,8-13H2,2-5H3/b14-7+. The number of carbonyl (C=O) groups excluding carboxylic acids is 1. The van der Waals surface area contributed by atoms with Crippen LogP contribution >= 0.6 is 0 Å². The third-order valence-corrected chi connectivity index (χ3v) is 3.22. The molecule has 0 unspecified atom stereocenters. The molecular weight excluding hydrogens is 266 g/mol. The van der Waals surface area contributed by atoms with Gasteiger partial charge in [0.05, 0.1) is 0 Å². The van der Waals surface area contributed by atoms with Crippen molar-refractivity contribution in [3.8, 4) is 0 Å². The maximum absolute atomic E-state index is 12.0. The van der Waals surface area contributed by atoms with Gasteiger partial charge in [-0.2, -0.15) is 0 Å². The van der Waals surface area contributed by atoms with Gasteiger partial charge in [0.2, 0.25) is 0 Å². The first-order valence-electron chi connectivity index (χ1n) is 7.55. The molecule has 1 N–H and O–H groups in total. The van der Waals surface area contributed by atoms with Crippen LogP contribution in [0.5, 0.6) is 0 Å². The third-order valence-electron chi connectivity index (χ3n) is 3.22. The number of piperazine rings is 1. The van der Waals surface area contributed by atoms with Crippen molar-refractivity contribution in [2.75, 3.05) is 39.3 Å². The van der Waals surface area contributed by atoms with Gasteiger partial charge in [-0.15, -0.1) is 0 Å². The summed E-state index contributed by atoms with van der Waals surface area (Å²) >= 11 is 0. The van der Waals surface area contributed by atoms with Crippen LogP contribution in [-0.4, -0.2) is 60.8 Å². The Morgan fingerprint density at radius 3 is 2.43 bits per heavy atom. The number of hydrogen-bond donors (Lipinski definition) is 1. The van der Waals surface area contributed by atoms with Crippen molar-refractivity contribution in [2.24, 2.45) is 0 Å². The van der Waals surface area contributed by atoms with Crippen LogP contribution in [0.3, 0.4) is 0 Å². The normalized spacial score (nSPS) is 17.5. The summed E-state index contributed by atoms with van der Waals surface area (Å²) < 4.78 is 5.39. The topological polar surface area (TPSA) is 44.8 Å². The Hall–Kier alpha value is -1.49. The maximum atomic E-state index is 12.0. The molecule has 0 saturated carbocycles. The molecule has 0 radical (unpaired) electrons. The highest BCUT2D eigenvalue weighted by Crippen LogP contribution is 2.11. The third kappa shape index (κ3) is 7.18. The van der Waals surface area contributed by atoms with E-state index in [1.54, 1.807) is 11.0 Å². The largest absolute Gasteiger partial charge is 0.444 e. The maximum Gasteiger partial charge on any atom is 0.410 e. The van der Waals surface area contributed by atoms with Crippen LogP contribution in [0, 0.1) is 0 Å². The lowest BCUT2D eigenvalue weighted by Gasteiger charge is -2.35. The van der Waals surface area contributed by atoms with Crippen LogP contribution < -0.4 is 5.32 Å². The highest BCUT2D eigenvalue weighted by atomic mass is 16.6. The van der Waals surface area contributed by atoms with Crippen molar-refractivity contribution in [2.45, 2.75) is 33.3 Å². The van der Waals surface area contributed by atoms with E-state index in [9.17, 15) is 4.79 Å². The van der Waals surface area contributed by atoms with Gasteiger partial charge >= 0.3 is 6.09 Å². The van der Waals surface area contributed by atoms with E-state index in [4.69, 9.17) is 4.74 Å². The summed E-state index contributed by atoms with van der Waals surface area (Å²) in [5.41, 5.74) is 0.699. The first kappa shape index (κ1) is 17.6. The second kappa shape index (κ2) is 8.08. The van der Waals surface area contributed by atoms with Crippen molar-refractivity contribution in [3.05, 3.63) is 24.4 Å². The lowest BCUT2D eigenvalue weighted by molar-refractivity contribution is 0.0147. The number of nitrogens with one attached hydrogen (secondary N) is 1. The number of rotatable bonds is 5. The minimum absolute atomic E-state index is 0.204. The number of hydrogen-bond acceptors (Lipinski definition) is 4. The Labute approximate surface area is 128 Å². The van der Waals surface area contributed by atoms with Gasteiger partial charge < -0.3 is 15.0 Å². The van der Waals surface area contributed by atoms with Crippen LogP contribution in [0.2, 0.25) is 0 Å². The Morgan fingerprint density at radius 2 is 1.90 bits per heavy atom. The van der Waals surface area contributed by atoms with E-state index < -0.39 is 5.60 Å². The lowest BCUT2D eigenvalue weighted by Crippen LogP contribution is -2.51. The van der Waals surface area contributed by atoms with Gasteiger partial charge in [-0.25, -0.2) is 4.79 Å². The molecule has 21 heavy (non-hydrogen) atoms. The fraction of sp³-hybridized carbons (Fsp3) is 0.688. The van der Waals surface area contributed by atoms with Gasteiger partial charge in [0, 0.05) is 45.0 Å². The van der Waals surface area contributed by atoms with Crippen molar-refractivity contribution < 1.29 is 9.53 Å². The molecular formula is C16H29N3O2. The fourth-order valence-corrected chi connectivity index (χ4v) is 2.13. The summed E-state index contributed by atoms with van der Waals surface area (Å²) in [6.45, 7) is 16.5. The molecule has 0 aromatic carbocycles. The molecule has 1 fully saturated rings. The molecule has 0 atom stereocenters. The lowest BCUT2D eigenvalue weighted by atomic mass is 10.2. The van der Waals surface area contributed by atoms with E-state index in [0.29, 0.717) is 0 Å². The van der Waals surface area contributed by atoms with Crippen LogP contribution in [0.1, 0.15) is 27.7 Å². The quantitative estimate of drug-likeness (QED) is 0.790. The SMILES string of the molecule is C=C/C=C(\C)NCCN1CCN(C(=O)OC(C)(C)C)CC1. The average Bonchev–Trinajstić information content (AvgIpc) is 2.38. The summed E-state index contributed by atoms with van der Waals surface area (Å²) in [5.74, 6) is 0. The van der Waals surface area contributed by atoms with Gasteiger partial charge in [0.15, 0.2) is 0 Å². The minimum Gasteiger partial charge on any atom is -0.444 e. The van der Waals surface area contributed by atoms with Gasteiger partial charge in [-0.3, -0.25) is 4.90 Å². The molecule has 1 amide bonds. The number of allylic oxidation sites excluding steroid dienone is 3. The molecule has 1 saturated heterocycles. The van der Waals surface area contributed by atoms with Crippen molar-refractivity contribution in [1.29, 1.82) is 0 Å². The Kier molecular flexibility index (Phi) is 6.75. The molecule has 0 bridgehead atoms. The van der Waals surface area contributed by atoms with E-state index in [1.165, 1.54) is 0 Å². The number of ether oxygens (including phenoxy) is 1. The Morgan fingerprint density at radius 1 is 1.29 bits per heavy atom. The molecule has 5 heteroatoms. The van der Waals surface area contributed by atoms with E-state index in [-0.39, 0.29) is 6.09 Å². The Bertz CT molecular complexity index is 377. The highest BCUT2D eigenvalue weighted by Gasteiger charge is 2.25. The van der Waals surface area contributed by atoms with Crippen molar-refractivity contribution >= 4 is 6.09 Å². The van der Waals surface area contributed by atoms with Crippen LogP contribution in [0.15, 0.2) is 24.4 Å². The number of nitrogens with zero attached hydrogens (tertiary/aromatic N) is 2. The molecule has 1 aliphatic heterocycles. The minimum atomic E-state index is -0.423. The molecule has 120 valence electrons. The average molecular weight is 295 g/mol. The first-order valence-corrected chi connectivity index (χ1v) is 7.55. The van der Waals surface area contributed by atoms with Gasteiger partial charge in [-0.05, 0) is 33.8 Å². The summed E-state index contributed by atoms with van der Waals surface area (Å²) in [6.07, 6.45) is 3.53. The van der Waals surface area contributed by atoms with E-state index in [0.717, 1.165) is 45.0 Å². The monoisotopic (exact) mass is 295 g/mol. The molecule has 5 nitrogen and oxygen atoms in total. The number of amides is 1. The van der Waals surface area contributed by atoms with Gasteiger partial charge in [-0.1, -0.05) is 12.7 Å². The van der Waals surface area contributed by atoms with E-state index in [1.807, 2.05) is 33.8 Å². The summed E-state index contributed by atoms with van der Waals surface area (Å²) in [5, 5.41) is 3.34. The molecule has 0 aliphatic carbocycles. The molecule has 1 aliphatic rings. The second-order valence-corrected chi connectivity index (χ2v) is 6.32. The van der Waals surface area contributed by atoms with E-state index >= 15 is 0 Å². The highest BCUT2D eigenvalue weighted by molar-refractivity contribution is 5.68. The predicted molar refractivity (Wildman–Crippen MR) is 86.2 cm³/mol. The molecule has 1 heterocycles.